The Bertz CT molecular complexity index is 804. The Morgan fingerprint density at radius 3 is 2.88 bits per heavy atom. The molecule has 3 heterocycles. The number of rotatable bonds is 3. The van der Waals surface area contributed by atoms with Gasteiger partial charge >= 0.3 is 0 Å². The lowest BCUT2D eigenvalue weighted by Crippen LogP contribution is -2.43. The number of fused-ring (bicyclic) bond motifs is 1. The first kappa shape index (κ1) is 17.0. The smallest absolute Gasteiger partial charge is 0.276 e. The number of anilines is 1. The molecule has 0 aromatic carbocycles. The molecule has 8 heteroatoms. The number of hydrogen-bond acceptors (Lipinski definition) is 7. The summed E-state index contributed by atoms with van der Waals surface area (Å²) in [6.07, 6.45) is 6.91. The van der Waals surface area contributed by atoms with E-state index in [1.807, 2.05) is 19.0 Å². The van der Waals surface area contributed by atoms with E-state index < -0.39 is 0 Å². The summed E-state index contributed by atoms with van der Waals surface area (Å²) in [4.78, 5) is 25.6. The van der Waals surface area contributed by atoms with Crippen molar-refractivity contribution in [1.29, 1.82) is 0 Å². The molecule has 1 saturated heterocycles. The fraction of sp³-hybridized carbons (Fsp3) is 0.556. The van der Waals surface area contributed by atoms with Gasteiger partial charge < -0.3 is 19.1 Å². The van der Waals surface area contributed by atoms with Crippen LogP contribution in [0.3, 0.4) is 0 Å². The van der Waals surface area contributed by atoms with Crippen LogP contribution in [0.1, 0.15) is 46.5 Å². The number of carbonyl (C=O) groups is 1. The molecule has 26 heavy (non-hydrogen) atoms. The number of carbonyl (C=O) groups excluding carboxylic acids is 1. The Kier molecular flexibility index (Phi) is 4.58. The molecule has 0 saturated carbocycles. The minimum Gasteiger partial charge on any atom is -0.368 e. The van der Waals surface area contributed by atoms with Gasteiger partial charge in [-0.2, -0.15) is 0 Å². The number of hydrogen-bond donors (Lipinski definition) is 0. The molecule has 1 fully saturated rings. The summed E-state index contributed by atoms with van der Waals surface area (Å²) in [7, 11) is 3.84. The number of morpholine rings is 1. The molecule has 0 unspecified atom stereocenters. The van der Waals surface area contributed by atoms with Crippen molar-refractivity contribution >= 4 is 11.7 Å². The summed E-state index contributed by atoms with van der Waals surface area (Å²) in [5.41, 5.74) is 2.20. The van der Waals surface area contributed by atoms with Crippen molar-refractivity contribution in [1.82, 2.24) is 20.0 Å². The van der Waals surface area contributed by atoms with E-state index >= 15 is 0 Å². The molecular weight excluding hydrogens is 334 g/mol. The first-order chi connectivity index (χ1) is 12.6. The average Bonchev–Trinajstić information content (AvgIpc) is 3.11. The van der Waals surface area contributed by atoms with Gasteiger partial charge in [0, 0.05) is 45.0 Å². The normalized spacial score (nSPS) is 19.9. The van der Waals surface area contributed by atoms with E-state index in [1.165, 1.54) is 0 Å². The molecule has 0 radical (unpaired) electrons. The van der Waals surface area contributed by atoms with Crippen LogP contribution in [-0.4, -0.2) is 59.7 Å². The van der Waals surface area contributed by atoms with Crippen LogP contribution in [0.2, 0.25) is 0 Å². The molecule has 2 aromatic heterocycles. The second-order valence-electron chi connectivity index (χ2n) is 6.91. The summed E-state index contributed by atoms with van der Waals surface area (Å²) < 4.78 is 11.3. The van der Waals surface area contributed by atoms with Gasteiger partial charge in [-0.3, -0.25) is 9.78 Å². The van der Waals surface area contributed by atoms with Gasteiger partial charge in [0.2, 0.25) is 0 Å². The second kappa shape index (κ2) is 7.03. The second-order valence-corrected chi connectivity index (χ2v) is 6.91. The number of ether oxygens (including phenoxy) is 1. The standard InChI is InChI=1S/C18H23N5O3/c1-22(2)17-16(19-7-8-20-17)14-11-23(9-10-25-14)18(24)15-12-5-3-4-6-13(12)26-21-15/h7-8,14H,3-6,9-11H2,1-2H3/t14-/m1/s1. The predicted molar refractivity (Wildman–Crippen MR) is 94.1 cm³/mol. The minimum atomic E-state index is -0.304. The van der Waals surface area contributed by atoms with Gasteiger partial charge in [-0.05, 0) is 19.3 Å². The molecule has 2 aromatic rings. The van der Waals surface area contributed by atoms with E-state index in [0.29, 0.717) is 25.4 Å². The average molecular weight is 357 g/mol. The van der Waals surface area contributed by atoms with Crippen LogP contribution in [-0.2, 0) is 17.6 Å². The molecule has 1 aliphatic carbocycles. The van der Waals surface area contributed by atoms with Crippen LogP contribution in [0.15, 0.2) is 16.9 Å². The number of nitrogens with zero attached hydrogens (tertiary/aromatic N) is 5. The minimum absolute atomic E-state index is 0.0829. The zero-order valence-electron chi connectivity index (χ0n) is 15.1. The molecule has 4 rings (SSSR count). The van der Waals surface area contributed by atoms with Crippen molar-refractivity contribution in [2.45, 2.75) is 31.8 Å². The van der Waals surface area contributed by atoms with Gasteiger partial charge in [0.05, 0.1) is 13.2 Å². The van der Waals surface area contributed by atoms with E-state index in [4.69, 9.17) is 9.26 Å². The lowest BCUT2D eigenvalue weighted by Gasteiger charge is -2.33. The molecule has 0 N–H and O–H groups in total. The van der Waals surface area contributed by atoms with Gasteiger partial charge in [-0.15, -0.1) is 0 Å². The van der Waals surface area contributed by atoms with E-state index in [-0.39, 0.29) is 12.0 Å². The Hall–Kier alpha value is -2.48. The highest BCUT2D eigenvalue weighted by atomic mass is 16.5. The van der Waals surface area contributed by atoms with E-state index in [9.17, 15) is 4.79 Å². The molecule has 0 spiro atoms. The first-order valence-electron chi connectivity index (χ1n) is 9.01. The highest BCUT2D eigenvalue weighted by Crippen LogP contribution is 2.29. The zero-order chi connectivity index (χ0) is 18.1. The van der Waals surface area contributed by atoms with Gasteiger partial charge in [0.15, 0.2) is 11.5 Å². The van der Waals surface area contributed by atoms with E-state index in [2.05, 4.69) is 15.1 Å². The SMILES string of the molecule is CN(C)c1nccnc1[C@H]1CN(C(=O)c2noc3c2CCCC3)CCO1. The Morgan fingerprint density at radius 1 is 1.23 bits per heavy atom. The monoisotopic (exact) mass is 357 g/mol. The Morgan fingerprint density at radius 2 is 2.04 bits per heavy atom. The summed E-state index contributed by atoms with van der Waals surface area (Å²) >= 11 is 0. The highest BCUT2D eigenvalue weighted by molar-refractivity contribution is 5.94. The predicted octanol–water partition coefficient (Wildman–Crippen LogP) is 1.62. The van der Waals surface area contributed by atoms with Crippen molar-refractivity contribution in [3.05, 3.63) is 35.1 Å². The molecule has 1 aliphatic heterocycles. The van der Waals surface area contributed by atoms with Crippen LogP contribution in [0.4, 0.5) is 5.82 Å². The van der Waals surface area contributed by atoms with Crippen LogP contribution < -0.4 is 4.90 Å². The third-order valence-corrected chi connectivity index (χ3v) is 4.94. The van der Waals surface area contributed by atoms with Crippen molar-refractivity contribution in [2.24, 2.45) is 0 Å². The van der Waals surface area contributed by atoms with Crippen LogP contribution >= 0.6 is 0 Å². The van der Waals surface area contributed by atoms with Crippen LogP contribution in [0.25, 0.3) is 0 Å². The third kappa shape index (κ3) is 3.05. The van der Waals surface area contributed by atoms with Crippen molar-refractivity contribution < 1.29 is 14.1 Å². The molecule has 1 amide bonds. The fourth-order valence-corrected chi connectivity index (χ4v) is 3.61. The maximum Gasteiger partial charge on any atom is 0.276 e. The highest BCUT2D eigenvalue weighted by Gasteiger charge is 2.33. The molecule has 8 nitrogen and oxygen atoms in total. The molecule has 0 bridgehead atoms. The summed E-state index contributed by atoms with van der Waals surface area (Å²) in [6, 6.07) is 0. The van der Waals surface area contributed by atoms with Gasteiger partial charge in [0.1, 0.15) is 17.6 Å². The largest absolute Gasteiger partial charge is 0.368 e. The van der Waals surface area contributed by atoms with Gasteiger partial charge in [-0.1, -0.05) is 5.16 Å². The van der Waals surface area contributed by atoms with Crippen LogP contribution in [0.5, 0.6) is 0 Å². The lowest BCUT2D eigenvalue weighted by molar-refractivity contribution is -0.0249. The third-order valence-electron chi connectivity index (χ3n) is 4.94. The Balaban J connectivity index is 1.56. The molecular formula is C18H23N5O3. The Labute approximate surface area is 152 Å². The maximum atomic E-state index is 13.0. The first-order valence-corrected chi connectivity index (χ1v) is 9.01. The summed E-state index contributed by atoms with van der Waals surface area (Å²) in [6.45, 7) is 1.43. The van der Waals surface area contributed by atoms with Gasteiger partial charge in [0.25, 0.3) is 5.91 Å². The van der Waals surface area contributed by atoms with Crippen molar-refractivity contribution in [3.8, 4) is 0 Å². The number of amides is 1. The molecule has 138 valence electrons. The van der Waals surface area contributed by atoms with Gasteiger partial charge in [-0.25, -0.2) is 4.98 Å². The topological polar surface area (TPSA) is 84.6 Å². The van der Waals surface area contributed by atoms with E-state index in [0.717, 1.165) is 48.5 Å². The van der Waals surface area contributed by atoms with E-state index in [1.54, 1.807) is 17.3 Å². The molecule has 1 atom stereocenters. The maximum absolute atomic E-state index is 13.0. The fourth-order valence-electron chi connectivity index (χ4n) is 3.61. The van der Waals surface area contributed by atoms with Crippen molar-refractivity contribution in [2.75, 3.05) is 38.7 Å². The number of aromatic nitrogens is 3. The number of aryl methyl sites for hydroxylation is 1. The van der Waals surface area contributed by atoms with Crippen molar-refractivity contribution in [3.63, 3.8) is 0 Å². The molecule has 2 aliphatic rings. The summed E-state index contributed by atoms with van der Waals surface area (Å²) in [5.74, 6) is 1.54. The van der Waals surface area contributed by atoms with Crippen LogP contribution in [0, 0.1) is 0 Å². The quantitative estimate of drug-likeness (QED) is 0.825. The zero-order valence-corrected chi connectivity index (χ0v) is 15.1. The summed E-state index contributed by atoms with van der Waals surface area (Å²) in [5, 5.41) is 4.07. The lowest BCUT2D eigenvalue weighted by atomic mass is 9.96.